The lowest BCUT2D eigenvalue weighted by molar-refractivity contribution is 0.0926. The first kappa shape index (κ1) is 16.3. The van der Waals surface area contributed by atoms with Gasteiger partial charge in [0.1, 0.15) is 5.82 Å². The van der Waals surface area contributed by atoms with E-state index in [1.165, 1.54) is 0 Å². The Kier molecular flexibility index (Phi) is 4.29. The summed E-state index contributed by atoms with van der Waals surface area (Å²) in [5, 5.41) is 3.25. The number of imidazole rings is 1. The number of likely N-dealkylation sites (tertiary alicyclic amines) is 1. The number of aromatic nitrogens is 3. The molecule has 2 aliphatic rings. The van der Waals surface area contributed by atoms with Gasteiger partial charge in [-0.15, -0.1) is 0 Å². The summed E-state index contributed by atoms with van der Waals surface area (Å²) in [5.74, 6) is 1.58. The predicted molar refractivity (Wildman–Crippen MR) is 95.1 cm³/mol. The average molecular weight is 339 g/mol. The van der Waals surface area contributed by atoms with Crippen molar-refractivity contribution in [3.8, 4) is 0 Å². The first-order valence-corrected chi connectivity index (χ1v) is 9.07. The molecule has 0 spiro atoms. The lowest BCUT2D eigenvalue weighted by Gasteiger charge is -2.23. The summed E-state index contributed by atoms with van der Waals surface area (Å²) in [4.78, 5) is 27.0. The van der Waals surface area contributed by atoms with Crippen molar-refractivity contribution in [1.82, 2.24) is 25.2 Å². The van der Waals surface area contributed by atoms with Gasteiger partial charge in [-0.2, -0.15) is 0 Å². The molecule has 2 aromatic rings. The number of hydrogen-bond donors (Lipinski definition) is 2. The van der Waals surface area contributed by atoms with E-state index in [-0.39, 0.29) is 11.9 Å². The molecule has 2 N–H and O–H groups in total. The molecule has 1 saturated carbocycles. The number of carbonyl (C=O) groups is 1. The highest BCUT2D eigenvalue weighted by Crippen LogP contribution is 2.38. The summed E-state index contributed by atoms with van der Waals surface area (Å²) in [6, 6.07) is 2.71. The van der Waals surface area contributed by atoms with Crippen LogP contribution in [0.1, 0.15) is 46.7 Å². The maximum absolute atomic E-state index is 12.5. The lowest BCUT2D eigenvalue weighted by atomic mass is 9.99. The number of amides is 1. The van der Waals surface area contributed by atoms with Crippen molar-refractivity contribution in [1.29, 1.82) is 0 Å². The number of hydrogen-bond acceptors (Lipinski definition) is 4. The Morgan fingerprint density at radius 1 is 1.32 bits per heavy atom. The summed E-state index contributed by atoms with van der Waals surface area (Å²) in [6.45, 7) is 5.92. The van der Waals surface area contributed by atoms with E-state index in [1.54, 1.807) is 12.4 Å². The van der Waals surface area contributed by atoms with Crippen LogP contribution in [0.3, 0.4) is 0 Å². The Balaban J connectivity index is 1.39. The Hall–Kier alpha value is -2.21. The van der Waals surface area contributed by atoms with Gasteiger partial charge in [-0.25, -0.2) is 4.98 Å². The van der Waals surface area contributed by atoms with E-state index in [0.717, 1.165) is 49.4 Å². The molecule has 0 bridgehead atoms. The molecule has 1 saturated heterocycles. The van der Waals surface area contributed by atoms with Crippen LogP contribution in [0.5, 0.6) is 0 Å². The molecule has 1 aliphatic carbocycles. The highest BCUT2D eigenvalue weighted by molar-refractivity contribution is 5.94. The van der Waals surface area contributed by atoms with Crippen LogP contribution in [0.2, 0.25) is 0 Å². The number of rotatable bonds is 4. The SMILES string of the molecule is Cc1cncc(C(=O)N[C@H]2CC[C@@H]3[C@H]2CCN3Cc2nc(C)c[nH]2)c1. The summed E-state index contributed by atoms with van der Waals surface area (Å²) in [7, 11) is 0. The van der Waals surface area contributed by atoms with Gasteiger partial charge in [0.25, 0.3) is 5.91 Å². The minimum Gasteiger partial charge on any atom is -0.349 e. The average Bonchev–Trinajstić information content (AvgIpc) is 3.27. The van der Waals surface area contributed by atoms with Crippen LogP contribution in [0.25, 0.3) is 0 Å². The molecule has 3 atom stereocenters. The molecular formula is C19H25N5O. The van der Waals surface area contributed by atoms with Crippen molar-refractivity contribution < 1.29 is 4.79 Å². The van der Waals surface area contributed by atoms with Crippen molar-refractivity contribution in [2.45, 2.75) is 51.7 Å². The molecule has 3 heterocycles. The molecule has 0 aromatic carbocycles. The topological polar surface area (TPSA) is 73.9 Å². The predicted octanol–water partition coefficient (Wildman–Crippen LogP) is 2.20. The van der Waals surface area contributed by atoms with Gasteiger partial charge in [0.15, 0.2) is 0 Å². The van der Waals surface area contributed by atoms with E-state index in [2.05, 4.69) is 25.2 Å². The molecule has 2 aromatic heterocycles. The molecule has 25 heavy (non-hydrogen) atoms. The molecule has 6 heteroatoms. The number of nitrogens with one attached hydrogen (secondary N) is 2. The lowest BCUT2D eigenvalue weighted by Crippen LogP contribution is -2.39. The number of H-pyrrole nitrogens is 1. The third kappa shape index (κ3) is 3.31. The van der Waals surface area contributed by atoms with Crippen molar-refractivity contribution in [2.24, 2.45) is 5.92 Å². The quantitative estimate of drug-likeness (QED) is 0.896. The summed E-state index contributed by atoms with van der Waals surface area (Å²) >= 11 is 0. The van der Waals surface area contributed by atoms with E-state index < -0.39 is 0 Å². The van der Waals surface area contributed by atoms with Crippen LogP contribution in [-0.2, 0) is 6.54 Å². The summed E-state index contributed by atoms with van der Waals surface area (Å²) in [6.07, 6.45) is 8.70. The zero-order valence-electron chi connectivity index (χ0n) is 14.8. The minimum atomic E-state index is 0.00181. The van der Waals surface area contributed by atoms with E-state index >= 15 is 0 Å². The standard InChI is InChI=1S/C19H25N5O/c1-12-7-14(10-20-8-12)19(25)23-16-3-4-17-15(16)5-6-24(17)11-18-21-9-13(2)22-18/h7-10,15-17H,3-6,11H2,1-2H3,(H,21,22)(H,23,25)/t15-,16-,17+/m0/s1. The largest absolute Gasteiger partial charge is 0.349 e. The van der Waals surface area contributed by atoms with Gasteiger partial charge in [-0.05, 0) is 57.2 Å². The van der Waals surface area contributed by atoms with Crippen molar-refractivity contribution in [2.75, 3.05) is 6.54 Å². The van der Waals surface area contributed by atoms with Gasteiger partial charge < -0.3 is 10.3 Å². The smallest absolute Gasteiger partial charge is 0.253 e. The Bertz CT molecular complexity index is 771. The molecule has 1 aliphatic heterocycles. The van der Waals surface area contributed by atoms with Gasteiger partial charge in [0, 0.05) is 30.7 Å². The van der Waals surface area contributed by atoms with Crippen LogP contribution in [-0.4, -0.2) is 44.4 Å². The minimum absolute atomic E-state index is 0.00181. The normalized spacial score (nSPS) is 25.9. The van der Waals surface area contributed by atoms with Gasteiger partial charge in [-0.3, -0.25) is 14.7 Å². The summed E-state index contributed by atoms with van der Waals surface area (Å²) < 4.78 is 0. The number of nitrogens with zero attached hydrogens (tertiary/aromatic N) is 3. The van der Waals surface area contributed by atoms with Crippen LogP contribution in [0, 0.1) is 19.8 Å². The maximum Gasteiger partial charge on any atom is 0.253 e. The number of pyridine rings is 1. The Labute approximate surface area is 148 Å². The molecule has 2 fully saturated rings. The monoisotopic (exact) mass is 339 g/mol. The fourth-order valence-corrected chi connectivity index (χ4v) is 4.42. The van der Waals surface area contributed by atoms with Crippen LogP contribution >= 0.6 is 0 Å². The van der Waals surface area contributed by atoms with Gasteiger partial charge >= 0.3 is 0 Å². The summed E-state index contributed by atoms with van der Waals surface area (Å²) in [5.41, 5.74) is 2.70. The van der Waals surface area contributed by atoms with Crippen LogP contribution in [0.4, 0.5) is 0 Å². The third-order valence-electron chi connectivity index (χ3n) is 5.57. The Morgan fingerprint density at radius 3 is 2.96 bits per heavy atom. The first-order valence-electron chi connectivity index (χ1n) is 9.07. The zero-order chi connectivity index (χ0) is 17.4. The highest BCUT2D eigenvalue weighted by atomic mass is 16.1. The molecule has 0 radical (unpaired) electrons. The van der Waals surface area contributed by atoms with Gasteiger partial charge in [0.05, 0.1) is 17.8 Å². The van der Waals surface area contributed by atoms with Crippen LogP contribution < -0.4 is 5.32 Å². The number of aryl methyl sites for hydroxylation is 2. The molecule has 132 valence electrons. The van der Waals surface area contributed by atoms with Gasteiger partial charge in [0.2, 0.25) is 0 Å². The first-order chi connectivity index (χ1) is 12.1. The van der Waals surface area contributed by atoms with E-state index in [9.17, 15) is 4.79 Å². The van der Waals surface area contributed by atoms with Crippen LogP contribution in [0.15, 0.2) is 24.7 Å². The zero-order valence-corrected chi connectivity index (χ0v) is 14.8. The fraction of sp³-hybridized carbons (Fsp3) is 0.526. The van der Waals surface area contributed by atoms with E-state index in [0.29, 0.717) is 17.5 Å². The second-order valence-electron chi connectivity index (χ2n) is 7.39. The second kappa shape index (κ2) is 6.59. The van der Waals surface area contributed by atoms with E-state index in [1.807, 2.05) is 26.1 Å². The number of fused-ring (bicyclic) bond motifs is 1. The maximum atomic E-state index is 12.5. The molecule has 1 amide bonds. The highest BCUT2D eigenvalue weighted by Gasteiger charge is 2.44. The molecular weight excluding hydrogens is 314 g/mol. The third-order valence-corrected chi connectivity index (χ3v) is 5.57. The van der Waals surface area contributed by atoms with E-state index in [4.69, 9.17) is 0 Å². The second-order valence-corrected chi connectivity index (χ2v) is 7.39. The fourth-order valence-electron chi connectivity index (χ4n) is 4.42. The number of aromatic amines is 1. The Morgan fingerprint density at radius 2 is 2.20 bits per heavy atom. The molecule has 6 nitrogen and oxygen atoms in total. The van der Waals surface area contributed by atoms with Crippen molar-refractivity contribution >= 4 is 5.91 Å². The molecule has 0 unspecified atom stereocenters. The van der Waals surface area contributed by atoms with Gasteiger partial charge in [-0.1, -0.05) is 0 Å². The number of carbonyl (C=O) groups excluding carboxylic acids is 1. The van der Waals surface area contributed by atoms with Crippen molar-refractivity contribution in [3.05, 3.63) is 47.3 Å². The molecule has 4 rings (SSSR count). The van der Waals surface area contributed by atoms with Crippen molar-refractivity contribution in [3.63, 3.8) is 0 Å².